The molecule has 3 N–H and O–H groups in total. The third-order valence-electron chi connectivity index (χ3n) is 7.28. The van der Waals surface area contributed by atoms with E-state index >= 15 is 0 Å². The Morgan fingerprint density at radius 1 is 0.843 bits per heavy atom. The van der Waals surface area contributed by atoms with Crippen LogP contribution >= 0.6 is 46.3 Å². The smallest absolute Gasteiger partial charge is 0.272 e. The van der Waals surface area contributed by atoms with Crippen LogP contribution in [-0.4, -0.2) is 49.3 Å². The molecule has 5 aromatic rings. The molecule has 1 atom stereocenters. The summed E-state index contributed by atoms with van der Waals surface area (Å²) in [4.78, 5) is 45.3. The number of rotatable bonds is 13. The molecular formula is C37H32Cl2N4O6S2. The molecule has 262 valence electrons. The Bertz CT molecular complexity index is 2090. The normalized spacial score (nSPS) is 11.7. The Balaban J connectivity index is 1.32. The summed E-state index contributed by atoms with van der Waals surface area (Å²) in [5.41, 5.74) is 2.55. The molecule has 0 saturated heterocycles. The summed E-state index contributed by atoms with van der Waals surface area (Å²) in [5.74, 6) is -0.102. The molecule has 0 fully saturated rings. The maximum absolute atomic E-state index is 13.8. The highest BCUT2D eigenvalue weighted by Gasteiger charge is 2.20. The fraction of sp³-hybridized carbons (Fsp3) is 0.135. The highest BCUT2D eigenvalue weighted by molar-refractivity contribution is 8.00. The molecule has 4 aromatic carbocycles. The lowest BCUT2D eigenvalue weighted by atomic mass is 10.1. The van der Waals surface area contributed by atoms with Gasteiger partial charge in [-0.05, 0) is 67.6 Å². The first-order valence-electron chi connectivity index (χ1n) is 15.3. The number of hydrogen-bond donors (Lipinski definition) is 3. The number of methoxy groups -OCH3 is 3. The maximum Gasteiger partial charge on any atom is 0.272 e. The van der Waals surface area contributed by atoms with Crippen molar-refractivity contribution in [3.63, 3.8) is 0 Å². The van der Waals surface area contributed by atoms with Crippen LogP contribution < -0.4 is 30.2 Å². The Morgan fingerprint density at radius 2 is 1.57 bits per heavy atom. The molecule has 5 rings (SSSR count). The molecule has 0 aliphatic heterocycles. The van der Waals surface area contributed by atoms with Crippen molar-refractivity contribution in [3.8, 4) is 28.5 Å². The maximum atomic E-state index is 13.8. The molecule has 0 aliphatic carbocycles. The zero-order valence-electron chi connectivity index (χ0n) is 27.8. The molecule has 1 unspecified atom stereocenters. The summed E-state index contributed by atoms with van der Waals surface area (Å²) >= 11 is 14.9. The molecule has 0 aliphatic rings. The Kier molecular flexibility index (Phi) is 12.6. The standard InChI is InChI=1S/C37H32Cl2N4O6S2/c1-21(34(44)43-37-42-30(20-50-37)27-14-13-24(38)17-28(27)39)51-26-12-8-11-25(18-26)40-36(46)29(41-35(45)22-9-6-5-7-10-22)15-23-16-32(48-3)33(49-4)19-31(23)47-2/h5-21H,1-4H3,(H,40,46)(H,41,45)(H,42,43,44)/b29-15+. The fourth-order valence-corrected chi connectivity index (χ4v) is 6.87. The average Bonchev–Trinajstić information content (AvgIpc) is 3.59. The third-order valence-corrected chi connectivity index (χ3v) is 9.68. The number of carbonyl (C=O) groups excluding carboxylic acids is 3. The van der Waals surface area contributed by atoms with Crippen molar-refractivity contribution in [2.24, 2.45) is 0 Å². The van der Waals surface area contributed by atoms with Gasteiger partial charge in [-0.3, -0.25) is 14.4 Å². The van der Waals surface area contributed by atoms with E-state index in [1.165, 1.54) is 50.5 Å². The summed E-state index contributed by atoms with van der Waals surface area (Å²) in [7, 11) is 4.48. The highest BCUT2D eigenvalue weighted by atomic mass is 35.5. The molecule has 0 spiro atoms. The first-order chi connectivity index (χ1) is 24.6. The van der Waals surface area contributed by atoms with Crippen molar-refractivity contribution in [2.45, 2.75) is 17.1 Å². The number of benzene rings is 4. The van der Waals surface area contributed by atoms with Crippen molar-refractivity contribution >= 4 is 80.9 Å². The van der Waals surface area contributed by atoms with E-state index in [1.54, 1.807) is 91.2 Å². The number of aromatic nitrogens is 1. The van der Waals surface area contributed by atoms with Crippen LogP contribution in [0.2, 0.25) is 10.0 Å². The van der Waals surface area contributed by atoms with Gasteiger partial charge in [-0.15, -0.1) is 23.1 Å². The fourth-order valence-electron chi connectivity index (χ4n) is 4.73. The highest BCUT2D eigenvalue weighted by Crippen LogP contribution is 2.36. The predicted octanol–water partition coefficient (Wildman–Crippen LogP) is 8.67. The lowest BCUT2D eigenvalue weighted by molar-refractivity contribution is -0.115. The van der Waals surface area contributed by atoms with Gasteiger partial charge in [-0.2, -0.15) is 0 Å². The number of amides is 3. The van der Waals surface area contributed by atoms with E-state index in [0.29, 0.717) is 60.5 Å². The van der Waals surface area contributed by atoms with Crippen molar-refractivity contribution < 1.29 is 28.6 Å². The molecule has 3 amide bonds. The predicted molar refractivity (Wildman–Crippen MR) is 205 cm³/mol. The van der Waals surface area contributed by atoms with Crippen LogP contribution in [0.15, 0.2) is 101 Å². The Hall–Kier alpha value is -5.01. The van der Waals surface area contributed by atoms with Gasteiger partial charge in [0.1, 0.15) is 11.4 Å². The van der Waals surface area contributed by atoms with Gasteiger partial charge < -0.3 is 30.2 Å². The van der Waals surface area contributed by atoms with Crippen LogP contribution in [0.3, 0.4) is 0 Å². The zero-order chi connectivity index (χ0) is 36.5. The minimum absolute atomic E-state index is 0.0529. The summed E-state index contributed by atoms with van der Waals surface area (Å²) in [5, 5.41) is 11.1. The van der Waals surface area contributed by atoms with Gasteiger partial charge in [0.05, 0.1) is 37.3 Å². The van der Waals surface area contributed by atoms with E-state index in [-0.39, 0.29) is 11.6 Å². The van der Waals surface area contributed by atoms with Crippen LogP contribution in [0.4, 0.5) is 10.8 Å². The number of thiazole rings is 1. The second-order valence-corrected chi connectivity index (χ2v) is 13.8. The molecule has 1 aromatic heterocycles. The van der Waals surface area contributed by atoms with E-state index in [1.807, 2.05) is 6.07 Å². The molecule has 0 saturated carbocycles. The zero-order valence-corrected chi connectivity index (χ0v) is 30.9. The Morgan fingerprint density at radius 3 is 2.27 bits per heavy atom. The van der Waals surface area contributed by atoms with E-state index in [9.17, 15) is 14.4 Å². The topological polar surface area (TPSA) is 128 Å². The first-order valence-corrected chi connectivity index (χ1v) is 17.8. The lowest BCUT2D eigenvalue weighted by Crippen LogP contribution is -2.30. The number of nitrogens with zero attached hydrogens (tertiary/aromatic N) is 1. The molecular weight excluding hydrogens is 731 g/mol. The van der Waals surface area contributed by atoms with E-state index in [0.717, 1.165) is 4.90 Å². The second-order valence-electron chi connectivity index (χ2n) is 10.7. The third kappa shape index (κ3) is 9.62. The number of nitrogens with one attached hydrogen (secondary N) is 3. The van der Waals surface area contributed by atoms with E-state index in [2.05, 4.69) is 20.9 Å². The van der Waals surface area contributed by atoms with Crippen molar-refractivity contribution in [1.29, 1.82) is 0 Å². The van der Waals surface area contributed by atoms with Gasteiger partial charge in [0.15, 0.2) is 16.6 Å². The van der Waals surface area contributed by atoms with Crippen molar-refractivity contribution in [1.82, 2.24) is 10.3 Å². The van der Waals surface area contributed by atoms with Gasteiger partial charge in [-0.1, -0.05) is 47.5 Å². The van der Waals surface area contributed by atoms with Crippen molar-refractivity contribution in [2.75, 3.05) is 32.0 Å². The molecule has 0 radical (unpaired) electrons. The first kappa shape index (κ1) is 37.3. The number of halogens is 2. The Labute approximate surface area is 313 Å². The average molecular weight is 764 g/mol. The van der Waals surface area contributed by atoms with Crippen LogP contribution in [0.1, 0.15) is 22.8 Å². The van der Waals surface area contributed by atoms with Gasteiger partial charge in [0.2, 0.25) is 5.91 Å². The van der Waals surface area contributed by atoms with E-state index in [4.69, 9.17) is 37.4 Å². The van der Waals surface area contributed by atoms with Crippen LogP contribution in [0, 0.1) is 0 Å². The van der Waals surface area contributed by atoms with Crippen LogP contribution in [0.5, 0.6) is 17.2 Å². The van der Waals surface area contributed by atoms with Crippen molar-refractivity contribution in [3.05, 3.63) is 117 Å². The molecule has 0 bridgehead atoms. The van der Waals surface area contributed by atoms with Gasteiger partial charge in [-0.25, -0.2) is 4.98 Å². The molecule has 1 heterocycles. The SMILES string of the molecule is COc1cc(OC)c(OC)cc1/C=C(/NC(=O)c1ccccc1)C(=O)Nc1cccc(SC(C)C(=O)Nc2nc(-c3ccc(Cl)cc3Cl)cs2)c1. The minimum atomic E-state index is -0.593. The van der Waals surface area contributed by atoms with Crippen LogP contribution in [0.25, 0.3) is 17.3 Å². The number of anilines is 2. The summed E-state index contributed by atoms with van der Waals surface area (Å²) in [6.45, 7) is 1.77. The molecule has 10 nitrogen and oxygen atoms in total. The number of carbonyl (C=O) groups is 3. The second kappa shape index (κ2) is 17.3. The minimum Gasteiger partial charge on any atom is -0.496 e. The number of hydrogen-bond acceptors (Lipinski definition) is 9. The van der Waals surface area contributed by atoms with E-state index < -0.39 is 17.1 Å². The number of ether oxygens (including phenoxy) is 3. The van der Waals surface area contributed by atoms with Crippen LogP contribution in [-0.2, 0) is 9.59 Å². The van der Waals surface area contributed by atoms with Gasteiger partial charge in [0, 0.05) is 43.7 Å². The number of thioether (sulfide) groups is 1. The summed E-state index contributed by atoms with van der Waals surface area (Å²) in [6.07, 6.45) is 1.49. The lowest BCUT2D eigenvalue weighted by Gasteiger charge is -2.15. The van der Waals surface area contributed by atoms with Gasteiger partial charge in [0.25, 0.3) is 11.8 Å². The monoisotopic (exact) mass is 762 g/mol. The van der Waals surface area contributed by atoms with Gasteiger partial charge >= 0.3 is 0 Å². The summed E-state index contributed by atoms with van der Waals surface area (Å²) < 4.78 is 16.4. The largest absolute Gasteiger partial charge is 0.496 e. The molecule has 51 heavy (non-hydrogen) atoms. The molecule has 14 heteroatoms. The quantitative estimate of drug-likeness (QED) is 0.0804. The summed E-state index contributed by atoms with van der Waals surface area (Å²) in [6, 6.07) is 24.0.